The lowest BCUT2D eigenvalue weighted by Gasteiger charge is -2.18. The Balaban J connectivity index is 1.64. The Bertz CT molecular complexity index is 1360. The predicted molar refractivity (Wildman–Crippen MR) is 110 cm³/mol. The molecule has 2 aromatic carbocycles. The highest BCUT2D eigenvalue weighted by Gasteiger charge is 2.30. The molecule has 0 bridgehead atoms. The summed E-state index contributed by atoms with van der Waals surface area (Å²) in [7, 11) is 0. The Morgan fingerprint density at radius 1 is 1.19 bits per heavy atom. The minimum absolute atomic E-state index is 0.0773. The van der Waals surface area contributed by atoms with E-state index in [2.05, 4.69) is 10.1 Å². The highest BCUT2D eigenvalue weighted by atomic mass is 19.1. The van der Waals surface area contributed by atoms with Crippen LogP contribution in [0.5, 0.6) is 0 Å². The first-order valence-corrected chi connectivity index (χ1v) is 9.54. The molecule has 31 heavy (non-hydrogen) atoms. The number of nitro groups is 1. The molecule has 0 atom stereocenters. The zero-order valence-corrected chi connectivity index (χ0v) is 16.3. The van der Waals surface area contributed by atoms with E-state index in [1.807, 2.05) is 0 Å². The summed E-state index contributed by atoms with van der Waals surface area (Å²) in [6.07, 6.45) is 0.598. The molecule has 9 heteroatoms. The number of fused-ring (bicyclic) bond motifs is 2. The van der Waals surface area contributed by atoms with Gasteiger partial charge in [-0.1, -0.05) is 11.2 Å². The van der Waals surface area contributed by atoms with E-state index in [0.717, 1.165) is 5.56 Å². The Kier molecular flexibility index (Phi) is 4.25. The molecule has 3 heterocycles. The average Bonchev–Trinajstić information content (AvgIpc) is 3.36. The molecule has 0 radical (unpaired) electrons. The van der Waals surface area contributed by atoms with Gasteiger partial charge in [-0.05, 0) is 49.2 Å². The van der Waals surface area contributed by atoms with Crippen LogP contribution in [0.1, 0.15) is 21.6 Å². The third-order valence-electron chi connectivity index (χ3n) is 5.41. The van der Waals surface area contributed by atoms with Crippen LogP contribution in [0.3, 0.4) is 0 Å². The summed E-state index contributed by atoms with van der Waals surface area (Å²) >= 11 is 0. The summed E-state index contributed by atoms with van der Waals surface area (Å²) in [6, 6.07) is 11.9. The van der Waals surface area contributed by atoms with Crippen molar-refractivity contribution in [1.29, 1.82) is 0 Å². The molecule has 0 fully saturated rings. The van der Waals surface area contributed by atoms with Crippen molar-refractivity contribution in [3.8, 4) is 11.3 Å². The molecule has 0 spiro atoms. The summed E-state index contributed by atoms with van der Waals surface area (Å²) in [5.41, 5.74) is 3.38. The summed E-state index contributed by atoms with van der Waals surface area (Å²) in [4.78, 5) is 30.3. The second-order valence-corrected chi connectivity index (χ2v) is 7.29. The highest BCUT2D eigenvalue weighted by molar-refractivity contribution is 6.15. The van der Waals surface area contributed by atoms with Crippen LogP contribution in [-0.2, 0) is 6.42 Å². The monoisotopic (exact) mass is 418 g/mol. The molecule has 0 saturated heterocycles. The lowest BCUT2D eigenvalue weighted by atomic mass is 10.0. The van der Waals surface area contributed by atoms with Crippen molar-refractivity contribution in [2.75, 3.05) is 11.4 Å². The molecular weight excluding hydrogens is 403 g/mol. The van der Waals surface area contributed by atoms with Crippen molar-refractivity contribution in [2.45, 2.75) is 13.3 Å². The van der Waals surface area contributed by atoms with Gasteiger partial charge in [-0.2, -0.15) is 0 Å². The highest BCUT2D eigenvalue weighted by Crippen LogP contribution is 2.35. The summed E-state index contributed by atoms with van der Waals surface area (Å²) < 4.78 is 18.7. The van der Waals surface area contributed by atoms with Gasteiger partial charge in [-0.3, -0.25) is 14.9 Å². The van der Waals surface area contributed by atoms with Crippen LogP contribution in [0.25, 0.3) is 22.4 Å². The maximum Gasteiger partial charge on any atom is 0.271 e. The number of carbonyl (C=O) groups is 1. The van der Waals surface area contributed by atoms with Crippen LogP contribution in [0.2, 0.25) is 0 Å². The summed E-state index contributed by atoms with van der Waals surface area (Å²) in [5.74, 6) is -0.715. The number of benzene rings is 2. The zero-order chi connectivity index (χ0) is 21.7. The Morgan fingerprint density at radius 2 is 1.97 bits per heavy atom. The molecule has 2 aromatic heterocycles. The number of rotatable bonds is 3. The van der Waals surface area contributed by atoms with Crippen molar-refractivity contribution in [3.63, 3.8) is 0 Å². The standard InChI is InChI=1S/C22H15FN4O4/c1-12-20-17(11-18(24-21(20)31-25-12)13-2-5-15(23)6-3-13)22(28)26-9-8-14-4-7-16(27(29)30)10-19(14)26/h2-7,10-11H,8-9H2,1H3. The van der Waals surface area contributed by atoms with Gasteiger partial charge in [-0.15, -0.1) is 0 Å². The molecule has 0 unspecified atom stereocenters. The van der Waals surface area contributed by atoms with Gasteiger partial charge in [0, 0.05) is 24.2 Å². The molecular formula is C22H15FN4O4. The first-order valence-electron chi connectivity index (χ1n) is 9.54. The molecule has 0 N–H and O–H groups in total. The molecule has 154 valence electrons. The lowest BCUT2D eigenvalue weighted by Crippen LogP contribution is -2.29. The second-order valence-electron chi connectivity index (χ2n) is 7.29. The van der Waals surface area contributed by atoms with Gasteiger partial charge in [0.1, 0.15) is 5.82 Å². The topological polar surface area (TPSA) is 102 Å². The first kappa shape index (κ1) is 18.9. The van der Waals surface area contributed by atoms with Gasteiger partial charge < -0.3 is 9.42 Å². The van der Waals surface area contributed by atoms with E-state index in [1.54, 1.807) is 31.2 Å². The Morgan fingerprint density at radius 3 is 2.71 bits per heavy atom. The van der Waals surface area contributed by atoms with Crippen molar-refractivity contribution >= 4 is 28.4 Å². The smallest absolute Gasteiger partial charge is 0.271 e. The number of halogens is 1. The Labute approximate surface area is 175 Å². The van der Waals surface area contributed by atoms with E-state index < -0.39 is 4.92 Å². The van der Waals surface area contributed by atoms with Crippen molar-refractivity contribution in [1.82, 2.24) is 10.1 Å². The van der Waals surface area contributed by atoms with Crippen LogP contribution < -0.4 is 4.90 Å². The van der Waals surface area contributed by atoms with Gasteiger partial charge in [-0.25, -0.2) is 9.37 Å². The van der Waals surface area contributed by atoms with Gasteiger partial charge in [0.15, 0.2) is 0 Å². The van der Waals surface area contributed by atoms with Crippen LogP contribution in [0.4, 0.5) is 15.8 Å². The third kappa shape index (κ3) is 3.10. The fraction of sp³-hybridized carbons (Fsp3) is 0.136. The maximum absolute atomic E-state index is 13.6. The predicted octanol–water partition coefficient (Wildman–Crippen LogP) is 4.45. The van der Waals surface area contributed by atoms with E-state index in [-0.39, 0.29) is 23.1 Å². The van der Waals surface area contributed by atoms with Gasteiger partial charge in [0.05, 0.1) is 32.9 Å². The number of amides is 1. The van der Waals surface area contributed by atoms with E-state index in [9.17, 15) is 19.3 Å². The molecule has 5 rings (SSSR count). The Hall–Kier alpha value is -4.14. The zero-order valence-electron chi connectivity index (χ0n) is 16.3. The number of aryl methyl sites for hydroxylation is 1. The number of nitro benzene ring substituents is 1. The van der Waals surface area contributed by atoms with Crippen LogP contribution >= 0.6 is 0 Å². The fourth-order valence-electron chi connectivity index (χ4n) is 3.87. The third-order valence-corrected chi connectivity index (χ3v) is 5.41. The van der Waals surface area contributed by atoms with Gasteiger partial charge in [0.2, 0.25) is 0 Å². The maximum atomic E-state index is 13.6. The molecule has 4 aromatic rings. The number of aromatic nitrogens is 2. The second kappa shape index (κ2) is 6.98. The number of anilines is 1. The quantitative estimate of drug-likeness (QED) is 0.360. The van der Waals surface area contributed by atoms with Gasteiger partial charge >= 0.3 is 0 Å². The van der Waals surface area contributed by atoms with E-state index in [0.29, 0.717) is 46.6 Å². The summed E-state index contributed by atoms with van der Waals surface area (Å²) in [6.45, 7) is 2.11. The molecule has 0 saturated carbocycles. The van der Waals surface area contributed by atoms with Crippen LogP contribution in [0, 0.1) is 22.9 Å². The number of non-ortho nitro benzene ring substituents is 1. The van der Waals surface area contributed by atoms with E-state index in [4.69, 9.17) is 4.52 Å². The number of pyridine rings is 1. The van der Waals surface area contributed by atoms with Crippen molar-refractivity contribution < 1.29 is 18.6 Å². The van der Waals surface area contributed by atoms with Crippen LogP contribution in [0.15, 0.2) is 53.1 Å². The molecule has 1 aliphatic heterocycles. The molecule has 8 nitrogen and oxygen atoms in total. The number of hydrogen-bond acceptors (Lipinski definition) is 6. The molecule has 1 aliphatic rings. The number of hydrogen-bond donors (Lipinski definition) is 0. The lowest BCUT2D eigenvalue weighted by molar-refractivity contribution is -0.384. The largest absolute Gasteiger partial charge is 0.335 e. The van der Waals surface area contributed by atoms with Crippen LogP contribution in [-0.4, -0.2) is 27.5 Å². The first-order chi connectivity index (χ1) is 14.9. The van der Waals surface area contributed by atoms with Crippen molar-refractivity contribution in [3.05, 3.63) is 81.3 Å². The fourth-order valence-corrected chi connectivity index (χ4v) is 3.87. The van der Waals surface area contributed by atoms with Gasteiger partial charge in [0.25, 0.3) is 17.3 Å². The molecule has 1 amide bonds. The number of nitrogens with zero attached hydrogens (tertiary/aromatic N) is 4. The number of carbonyl (C=O) groups excluding carboxylic acids is 1. The normalized spacial score (nSPS) is 12.9. The minimum Gasteiger partial charge on any atom is -0.335 e. The van der Waals surface area contributed by atoms with E-state index in [1.165, 1.54) is 29.2 Å². The SMILES string of the molecule is Cc1noc2nc(-c3ccc(F)cc3)cc(C(=O)N3CCc4ccc([N+](=O)[O-])cc43)c12. The van der Waals surface area contributed by atoms with Crippen molar-refractivity contribution in [2.24, 2.45) is 0 Å². The molecule has 0 aliphatic carbocycles. The average molecular weight is 418 g/mol. The minimum atomic E-state index is -0.483. The summed E-state index contributed by atoms with van der Waals surface area (Å²) in [5, 5.41) is 15.6. The van der Waals surface area contributed by atoms with E-state index >= 15 is 0 Å².